The third kappa shape index (κ3) is 3.98. The monoisotopic (exact) mass is 386 g/mol. The van der Waals surface area contributed by atoms with Crippen LogP contribution in [-0.4, -0.2) is 20.9 Å². The first-order valence-electron chi connectivity index (χ1n) is 7.88. The van der Waals surface area contributed by atoms with Gasteiger partial charge in [0, 0.05) is 23.4 Å². The molecular formula is C20H16Cl2N2O2. The van der Waals surface area contributed by atoms with Crippen molar-refractivity contribution in [3.63, 3.8) is 0 Å². The first-order chi connectivity index (χ1) is 12.3. The summed E-state index contributed by atoms with van der Waals surface area (Å²) >= 11 is 12.1. The molecule has 0 spiro atoms. The Balaban J connectivity index is 2.16. The van der Waals surface area contributed by atoms with Crippen LogP contribution in [0.15, 0.2) is 48.7 Å². The van der Waals surface area contributed by atoms with Crippen LogP contribution in [0.5, 0.6) is 0 Å². The molecule has 6 heteroatoms. The molecule has 26 heavy (non-hydrogen) atoms. The Labute approximate surface area is 161 Å². The van der Waals surface area contributed by atoms with Crippen LogP contribution >= 0.6 is 23.2 Å². The van der Waals surface area contributed by atoms with Gasteiger partial charge in [0.15, 0.2) is 0 Å². The van der Waals surface area contributed by atoms with E-state index in [1.54, 1.807) is 29.1 Å². The summed E-state index contributed by atoms with van der Waals surface area (Å²) in [7, 11) is 0. The van der Waals surface area contributed by atoms with Crippen molar-refractivity contribution in [3.8, 4) is 16.9 Å². The molecule has 0 aliphatic rings. The summed E-state index contributed by atoms with van der Waals surface area (Å²) in [5.41, 5.74) is 5.19. The van der Waals surface area contributed by atoms with E-state index in [0.29, 0.717) is 21.3 Å². The second-order valence-electron chi connectivity index (χ2n) is 6.02. The molecule has 0 aliphatic carbocycles. The van der Waals surface area contributed by atoms with Gasteiger partial charge in [-0.05, 0) is 55.3 Å². The van der Waals surface area contributed by atoms with E-state index in [2.05, 4.69) is 11.2 Å². The van der Waals surface area contributed by atoms with E-state index in [9.17, 15) is 4.79 Å². The highest BCUT2D eigenvalue weighted by molar-refractivity contribution is 6.42. The Morgan fingerprint density at radius 2 is 1.77 bits per heavy atom. The van der Waals surface area contributed by atoms with Gasteiger partial charge in [-0.25, -0.2) is 9.48 Å². The van der Waals surface area contributed by atoms with Crippen LogP contribution in [0.2, 0.25) is 10.0 Å². The highest BCUT2D eigenvalue weighted by Gasteiger charge is 2.13. The number of benzene rings is 2. The molecule has 0 atom stereocenters. The molecule has 1 N–H and O–H groups in total. The molecule has 0 bridgehead atoms. The van der Waals surface area contributed by atoms with Crippen LogP contribution in [0.3, 0.4) is 0 Å². The van der Waals surface area contributed by atoms with Crippen molar-refractivity contribution in [1.82, 2.24) is 9.78 Å². The fourth-order valence-corrected chi connectivity index (χ4v) is 3.05. The van der Waals surface area contributed by atoms with Crippen LogP contribution in [0.25, 0.3) is 23.0 Å². The van der Waals surface area contributed by atoms with E-state index in [0.717, 1.165) is 28.5 Å². The van der Waals surface area contributed by atoms with Gasteiger partial charge in [0.25, 0.3) is 0 Å². The van der Waals surface area contributed by atoms with Crippen molar-refractivity contribution in [2.75, 3.05) is 0 Å². The third-order valence-electron chi connectivity index (χ3n) is 3.81. The van der Waals surface area contributed by atoms with Gasteiger partial charge in [-0.15, -0.1) is 0 Å². The average molecular weight is 387 g/mol. The quantitative estimate of drug-likeness (QED) is 0.597. The van der Waals surface area contributed by atoms with E-state index in [-0.39, 0.29) is 0 Å². The minimum atomic E-state index is -1.02. The third-order valence-corrected chi connectivity index (χ3v) is 4.55. The molecule has 1 aromatic heterocycles. The Kier molecular flexibility index (Phi) is 5.16. The molecule has 4 nitrogen and oxygen atoms in total. The van der Waals surface area contributed by atoms with Gasteiger partial charge < -0.3 is 5.11 Å². The minimum Gasteiger partial charge on any atom is -0.478 e. The molecule has 0 unspecified atom stereocenters. The van der Waals surface area contributed by atoms with Crippen LogP contribution in [0, 0.1) is 13.8 Å². The summed E-state index contributed by atoms with van der Waals surface area (Å²) in [4.78, 5) is 10.9. The summed E-state index contributed by atoms with van der Waals surface area (Å²) in [6, 6.07) is 11.3. The standard InChI is InChI=1S/C20H16Cl2N2O2/c1-12-7-13(2)9-16(8-12)24-11-15(4-6-19(25)26)20(23-24)14-3-5-17(21)18(22)10-14/h3-11H,1-2H3,(H,25,26)/b6-4+. The lowest BCUT2D eigenvalue weighted by atomic mass is 10.1. The van der Waals surface area contributed by atoms with E-state index < -0.39 is 5.97 Å². The maximum absolute atomic E-state index is 10.9. The van der Waals surface area contributed by atoms with Crippen molar-refractivity contribution < 1.29 is 9.90 Å². The zero-order valence-corrected chi connectivity index (χ0v) is 15.7. The van der Waals surface area contributed by atoms with E-state index in [4.69, 9.17) is 28.3 Å². The van der Waals surface area contributed by atoms with Crippen molar-refractivity contribution in [2.24, 2.45) is 0 Å². The number of carboxylic acid groups (broad SMARTS) is 1. The van der Waals surface area contributed by atoms with Gasteiger partial charge in [0.2, 0.25) is 0 Å². The number of halogens is 2. The van der Waals surface area contributed by atoms with Crippen molar-refractivity contribution in [1.29, 1.82) is 0 Å². The lowest BCUT2D eigenvalue weighted by molar-refractivity contribution is -0.131. The molecule has 3 rings (SSSR count). The predicted octanol–water partition coefficient (Wildman–Crippen LogP) is 5.56. The zero-order valence-electron chi connectivity index (χ0n) is 14.2. The van der Waals surface area contributed by atoms with E-state index >= 15 is 0 Å². The van der Waals surface area contributed by atoms with Gasteiger partial charge in [-0.1, -0.05) is 35.3 Å². The fraction of sp³-hybridized carbons (Fsp3) is 0.100. The Morgan fingerprint density at radius 3 is 2.38 bits per heavy atom. The predicted molar refractivity (Wildman–Crippen MR) is 105 cm³/mol. The fourth-order valence-electron chi connectivity index (χ4n) is 2.75. The molecule has 132 valence electrons. The maximum atomic E-state index is 10.9. The number of nitrogens with zero attached hydrogens (tertiary/aromatic N) is 2. The van der Waals surface area contributed by atoms with Crippen molar-refractivity contribution >= 4 is 35.2 Å². The molecule has 0 aliphatic heterocycles. The van der Waals surface area contributed by atoms with Crippen molar-refractivity contribution in [3.05, 3.63) is 75.4 Å². The second kappa shape index (κ2) is 7.36. The topological polar surface area (TPSA) is 55.1 Å². The van der Waals surface area contributed by atoms with Gasteiger partial charge in [0.05, 0.1) is 15.7 Å². The summed E-state index contributed by atoms with van der Waals surface area (Å²) < 4.78 is 1.74. The average Bonchev–Trinajstić information content (AvgIpc) is 2.99. The number of aliphatic carboxylic acids is 1. The number of aromatic nitrogens is 2. The van der Waals surface area contributed by atoms with E-state index in [1.165, 1.54) is 6.08 Å². The molecule has 3 aromatic rings. The Morgan fingerprint density at radius 1 is 1.08 bits per heavy atom. The van der Waals surface area contributed by atoms with Gasteiger partial charge in [-0.2, -0.15) is 5.10 Å². The zero-order chi connectivity index (χ0) is 18.8. The Hall–Kier alpha value is -2.56. The van der Waals surface area contributed by atoms with E-state index in [1.807, 2.05) is 26.0 Å². The highest BCUT2D eigenvalue weighted by Crippen LogP contribution is 2.31. The van der Waals surface area contributed by atoms with Crippen LogP contribution < -0.4 is 0 Å². The lowest BCUT2D eigenvalue weighted by Crippen LogP contribution is -1.96. The second-order valence-corrected chi connectivity index (χ2v) is 6.84. The normalized spacial score (nSPS) is 11.2. The molecule has 0 fully saturated rings. The molecule has 0 amide bonds. The summed E-state index contributed by atoms with van der Waals surface area (Å²) in [6.45, 7) is 4.04. The minimum absolute atomic E-state index is 0.415. The maximum Gasteiger partial charge on any atom is 0.328 e. The molecule has 1 heterocycles. The number of hydrogen-bond donors (Lipinski definition) is 1. The van der Waals surface area contributed by atoms with Gasteiger partial charge >= 0.3 is 5.97 Å². The molecular weight excluding hydrogens is 371 g/mol. The van der Waals surface area contributed by atoms with Gasteiger partial charge in [0.1, 0.15) is 5.69 Å². The first kappa shape index (κ1) is 18.2. The summed E-state index contributed by atoms with van der Waals surface area (Å²) in [5.74, 6) is -1.02. The number of carboxylic acids is 1. The highest BCUT2D eigenvalue weighted by atomic mass is 35.5. The van der Waals surface area contributed by atoms with Crippen LogP contribution in [0.1, 0.15) is 16.7 Å². The summed E-state index contributed by atoms with van der Waals surface area (Å²) in [6.07, 6.45) is 4.40. The SMILES string of the molecule is Cc1cc(C)cc(-n2cc(/C=C/C(=O)O)c(-c3ccc(Cl)c(Cl)c3)n2)c1. The number of aryl methyl sites for hydroxylation is 2. The Bertz CT molecular complexity index is 1000. The molecule has 0 saturated heterocycles. The molecule has 0 saturated carbocycles. The van der Waals surface area contributed by atoms with Crippen LogP contribution in [-0.2, 0) is 4.79 Å². The first-order valence-corrected chi connectivity index (χ1v) is 8.64. The molecule has 0 radical (unpaired) electrons. The number of hydrogen-bond acceptors (Lipinski definition) is 2. The molecule has 2 aromatic carbocycles. The number of carbonyl (C=O) groups is 1. The largest absolute Gasteiger partial charge is 0.478 e. The van der Waals surface area contributed by atoms with Gasteiger partial charge in [-0.3, -0.25) is 0 Å². The van der Waals surface area contributed by atoms with Crippen molar-refractivity contribution in [2.45, 2.75) is 13.8 Å². The lowest BCUT2D eigenvalue weighted by Gasteiger charge is -2.05. The van der Waals surface area contributed by atoms with Crippen LogP contribution in [0.4, 0.5) is 0 Å². The summed E-state index contributed by atoms with van der Waals surface area (Å²) in [5, 5.41) is 14.5. The smallest absolute Gasteiger partial charge is 0.328 e. The number of rotatable bonds is 4.